The fourth-order valence-electron chi connectivity index (χ4n) is 4.83. The van der Waals surface area contributed by atoms with Crippen molar-refractivity contribution in [3.63, 3.8) is 0 Å². The Kier molecular flexibility index (Phi) is 6.54. The minimum atomic E-state index is -3.02. The van der Waals surface area contributed by atoms with E-state index in [1.807, 2.05) is 25.1 Å². The fraction of sp³-hybridized carbons (Fsp3) is 0.286. The van der Waals surface area contributed by atoms with Gasteiger partial charge in [-0.05, 0) is 37.7 Å². The van der Waals surface area contributed by atoms with Crippen molar-refractivity contribution in [1.82, 2.24) is 29.8 Å². The van der Waals surface area contributed by atoms with Gasteiger partial charge in [0.05, 0.1) is 30.9 Å². The number of halogens is 2. The summed E-state index contributed by atoms with van der Waals surface area (Å²) in [6.07, 6.45) is 3.50. The van der Waals surface area contributed by atoms with E-state index >= 15 is 0 Å². The number of fused-ring (bicyclic) bond motifs is 2. The van der Waals surface area contributed by atoms with Gasteiger partial charge in [-0.2, -0.15) is 0 Å². The zero-order chi connectivity index (χ0) is 27.9. The largest absolute Gasteiger partial charge is 0.497 e. The zero-order valence-electron chi connectivity index (χ0n) is 22.1. The number of nitrogens with one attached hydrogen (secondary N) is 2. The molecule has 206 valence electrons. The molecule has 0 bridgehead atoms. The molecule has 3 aromatic heterocycles. The van der Waals surface area contributed by atoms with Gasteiger partial charge < -0.3 is 29.4 Å². The maximum absolute atomic E-state index is 14.9. The number of imidazole rings is 1. The SMILES string of the molecule is COc1cc(OC2CCN(C)CC2(F)F)c2c(Nc3ccc(Oc4ccnc5nc[nH]c45)c(C)c3)ncnc2c1. The third kappa shape index (κ3) is 4.93. The molecule has 0 aliphatic carbocycles. The molecule has 0 saturated carbocycles. The van der Waals surface area contributed by atoms with Crippen LogP contribution in [0.15, 0.2) is 55.2 Å². The molecule has 1 saturated heterocycles. The number of aromatic amines is 1. The van der Waals surface area contributed by atoms with Gasteiger partial charge >= 0.3 is 0 Å². The molecule has 1 fully saturated rings. The van der Waals surface area contributed by atoms with Crippen LogP contribution in [0.2, 0.25) is 0 Å². The van der Waals surface area contributed by atoms with Gasteiger partial charge in [-0.25, -0.2) is 28.7 Å². The molecule has 1 atom stereocenters. The number of alkyl halides is 2. The minimum Gasteiger partial charge on any atom is -0.497 e. The van der Waals surface area contributed by atoms with Crippen LogP contribution in [0.5, 0.6) is 23.0 Å². The quantitative estimate of drug-likeness (QED) is 0.274. The lowest BCUT2D eigenvalue weighted by molar-refractivity contribution is -0.134. The Hall–Kier alpha value is -4.58. The van der Waals surface area contributed by atoms with Crippen LogP contribution in [0.3, 0.4) is 0 Å². The number of anilines is 2. The van der Waals surface area contributed by atoms with Crippen molar-refractivity contribution in [3.8, 4) is 23.0 Å². The van der Waals surface area contributed by atoms with E-state index < -0.39 is 12.0 Å². The average molecular weight is 548 g/mol. The number of aryl methyl sites for hydroxylation is 1. The molecular weight excluding hydrogens is 520 g/mol. The van der Waals surface area contributed by atoms with E-state index in [1.165, 1.54) is 13.4 Å². The van der Waals surface area contributed by atoms with Gasteiger partial charge in [0, 0.05) is 43.0 Å². The summed E-state index contributed by atoms with van der Waals surface area (Å²) < 4.78 is 47.3. The second-order valence-electron chi connectivity index (χ2n) is 9.75. The number of hydrogen-bond donors (Lipinski definition) is 2. The molecule has 40 heavy (non-hydrogen) atoms. The Morgan fingerprint density at radius 2 is 1.93 bits per heavy atom. The fourth-order valence-corrected chi connectivity index (χ4v) is 4.83. The number of piperidine rings is 1. The summed E-state index contributed by atoms with van der Waals surface area (Å²) in [6.45, 7) is 2.05. The summed E-state index contributed by atoms with van der Waals surface area (Å²) in [4.78, 5) is 21.8. The Morgan fingerprint density at radius 3 is 2.73 bits per heavy atom. The molecule has 0 radical (unpaired) electrons. The molecule has 1 aliphatic rings. The highest BCUT2D eigenvalue weighted by molar-refractivity contribution is 5.97. The normalized spacial score (nSPS) is 17.2. The lowest BCUT2D eigenvalue weighted by Crippen LogP contribution is -2.52. The van der Waals surface area contributed by atoms with E-state index in [4.69, 9.17) is 14.2 Å². The van der Waals surface area contributed by atoms with Gasteiger partial charge in [-0.3, -0.25) is 0 Å². The summed E-state index contributed by atoms with van der Waals surface area (Å²) in [6, 6.07) is 10.7. The number of pyridine rings is 1. The Morgan fingerprint density at radius 1 is 1.05 bits per heavy atom. The van der Waals surface area contributed by atoms with Gasteiger partial charge in [-0.15, -0.1) is 0 Å². The van der Waals surface area contributed by atoms with Crippen LogP contribution in [0.4, 0.5) is 20.3 Å². The molecule has 4 heterocycles. The van der Waals surface area contributed by atoms with Gasteiger partial charge in [0.1, 0.15) is 34.9 Å². The number of hydrogen-bond acceptors (Lipinski definition) is 9. The monoisotopic (exact) mass is 547 g/mol. The molecule has 1 unspecified atom stereocenters. The number of H-pyrrole nitrogens is 1. The van der Waals surface area contributed by atoms with E-state index in [2.05, 4.69) is 30.2 Å². The van der Waals surface area contributed by atoms with E-state index in [0.717, 1.165) is 11.3 Å². The number of rotatable bonds is 7. The Labute approximate surface area is 228 Å². The van der Waals surface area contributed by atoms with Crippen molar-refractivity contribution >= 4 is 33.6 Å². The van der Waals surface area contributed by atoms with E-state index in [0.29, 0.717) is 51.7 Å². The number of methoxy groups -OCH3 is 1. The lowest BCUT2D eigenvalue weighted by atomic mass is 10.0. The topological polar surface area (TPSA) is 110 Å². The Bertz CT molecular complexity index is 1690. The van der Waals surface area contributed by atoms with Crippen molar-refractivity contribution < 1.29 is 23.0 Å². The molecular formula is C28H27F2N7O3. The van der Waals surface area contributed by atoms with E-state index in [-0.39, 0.29) is 18.7 Å². The van der Waals surface area contributed by atoms with Gasteiger partial charge in [-0.1, -0.05) is 0 Å². The lowest BCUT2D eigenvalue weighted by Gasteiger charge is -2.36. The Balaban J connectivity index is 1.32. The van der Waals surface area contributed by atoms with Crippen molar-refractivity contribution in [3.05, 3.63) is 60.8 Å². The zero-order valence-corrected chi connectivity index (χ0v) is 22.1. The summed E-state index contributed by atoms with van der Waals surface area (Å²) in [7, 11) is 3.18. The van der Waals surface area contributed by atoms with Crippen molar-refractivity contribution in [2.75, 3.05) is 32.6 Å². The third-order valence-electron chi connectivity index (χ3n) is 6.85. The maximum Gasteiger partial charge on any atom is 0.296 e. The van der Waals surface area contributed by atoms with Gasteiger partial charge in [0.2, 0.25) is 0 Å². The molecule has 1 aliphatic heterocycles. The number of ether oxygens (including phenoxy) is 3. The first-order chi connectivity index (χ1) is 19.3. The predicted molar refractivity (Wildman–Crippen MR) is 146 cm³/mol. The first-order valence-corrected chi connectivity index (χ1v) is 12.7. The highest BCUT2D eigenvalue weighted by Crippen LogP contribution is 2.39. The van der Waals surface area contributed by atoms with E-state index in [9.17, 15) is 8.78 Å². The number of benzene rings is 2. The van der Waals surface area contributed by atoms with Crippen LogP contribution in [0, 0.1) is 6.92 Å². The number of likely N-dealkylation sites (tertiary alicyclic amines) is 1. The van der Waals surface area contributed by atoms with Crippen LogP contribution < -0.4 is 19.5 Å². The van der Waals surface area contributed by atoms with Crippen LogP contribution in [-0.2, 0) is 0 Å². The van der Waals surface area contributed by atoms with Crippen molar-refractivity contribution in [2.45, 2.75) is 25.4 Å². The molecule has 10 nitrogen and oxygen atoms in total. The van der Waals surface area contributed by atoms with E-state index in [1.54, 1.807) is 42.7 Å². The predicted octanol–water partition coefficient (Wildman–Crippen LogP) is 5.47. The number of aromatic nitrogens is 5. The molecule has 12 heteroatoms. The van der Waals surface area contributed by atoms with Crippen LogP contribution in [0.25, 0.3) is 22.1 Å². The molecule has 0 spiro atoms. The van der Waals surface area contributed by atoms with Crippen LogP contribution >= 0.6 is 0 Å². The summed E-state index contributed by atoms with van der Waals surface area (Å²) in [5, 5.41) is 3.78. The molecule has 6 rings (SSSR count). The summed E-state index contributed by atoms with van der Waals surface area (Å²) >= 11 is 0. The first kappa shape index (κ1) is 25.7. The highest BCUT2D eigenvalue weighted by Gasteiger charge is 2.45. The van der Waals surface area contributed by atoms with Crippen LogP contribution in [0.1, 0.15) is 12.0 Å². The van der Waals surface area contributed by atoms with Crippen molar-refractivity contribution in [1.29, 1.82) is 0 Å². The molecule has 2 aromatic carbocycles. The smallest absolute Gasteiger partial charge is 0.296 e. The average Bonchev–Trinajstić information content (AvgIpc) is 3.41. The van der Waals surface area contributed by atoms with Crippen LogP contribution in [-0.4, -0.2) is 69.1 Å². The van der Waals surface area contributed by atoms with Crippen molar-refractivity contribution in [2.24, 2.45) is 0 Å². The second kappa shape index (κ2) is 10.2. The molecule has 2 N–H and O–H groups in total. The third-order valence-corrected chi connectivity index (χ3v) is 6.85. The highest BCUT2D eigenvalue weighted by atomic mass is 19.3. The first-order valence-electron chi connectivity index (χ1n) is 12.7. The summed E-state index contributed by atoms with van der Waals surface area (Å²) in [5.41, 5.74) is 3.35. The van der Waals surface area contributed by atoms with Gasteiger partial charge in [0.15, 0.2) is 17.5 Å². The number of nitrogens with zero attached hydrogens (tertiary/aromatic N) is 5. The maximum atomic E-state index is 14.9. The molecule has 5 aromatic rings. The molecule has 0 amide bonds. The standard InChI is InChI=1S/C28H27F2N7O3/c1-16-10-17(4-5-20(16)39-21-6-8-31-27-25(21)33-15-35-27)36-26-24-19(32-14-34-26)11-18(38-3)12-22(24)40-23-7-9-37(2)13-28(23,29)30/h4-6,8,10-12,14-15,23H,7,9,13H2,1-3H3,(H,31,33,35)(H,32,34,36). The summed E-state index contributed by atoms with van der Waals surface area (Å²) in [5.74, 6) is -0.670. The van der Waals surface area contributed by atoms with Gasteiger partial charge in [0.25, 0.3) is 5.92 Å². The second-order valence-corrected chi connectivity index (χ2v) is 9.75. The minimum absolute atomic E-state index is 0.182.